The minimum absolute atomic E-state index is 0.103. The first-order chi connectivity index (χ1) is 15.4. The Morgan fingerprint density at radius 3 is 2.53 bits per heavy atom. The number of aryl methyl sites for hydroxylation is 1. The fourth-order valence-corrected chi connectivity index (χ4v) is 3.67. The third-order valence-electron chi connectivity index (χ3n) is 5.34. The summed E-state index contributed by atoms with van der Waals surface area (Å²) in [7, 11) is 0. The van der Waals surface area contributed by atoms with Gasteiger partial charge < -0.3 is 15.8 Å². The van der Waals surface area contributed by atoms with Gasteiger partial charge >= 0.3 is 5.97 Å². The van der Waals surface area contributed by atoms with Crippen molar-refractivity contribution in [1.82, 2.24) is 9.55 Å². The number of hydrogen-bond donors (Lipinski definition) is 2. The average molecular weight is 434 g/mol. The first kappa shape index (κ1) is 21.2. The molecule has 0 atom stereocenters. The number of primary amides is 1. The Bertz CT molecular complexity index is 1260. The molecule has 3 N–H and O–H groups in total. The molecule has 2 heterocycles. The second-order valence-electron chi connectivity index (χ2n) is 7.59. The third kappa shape index (κ3) is 4.51. The minimum Gasteiger partial charge on any atom is -0.452 e. The van der Waals surface area contributed by atoms with Crippen LogP contribution in [-0.2, 0) is 22.5 Å². The lowest BCUT2D eigenvalue weighted by molar-refractivity contribution is -0.119. The number of amides is 2. The largest absolute Gasteiger partial charge is 0.452 e. The van der Waals surface area contributed by atoms with Crippen molar-refractivity contribution >= 4 is 34.4 Å². The van der Waals surface area contributed by atoms with Crippen molar-refractivity contribution in [3.05, 3.63) is 69.8 Å². The molecule has 32 heavy (non-hydrogen) atoms. The number of benzene rings is 2. The first-order valence-corrected chi connectivity index (χ1v) is 10.3. The van der Waals surface area contributed by atoms with Crippen LogP contribution in [0.3, 0.4) is 0 Å². The van der Waals surface area contributed by atoms with Gasteiger partial charge in [-0.2, -0.15) is 0 Å². The SMILES string of the molecule is NC(=O)c1ccc(NC(=O)COC(=O)c2ccc3c(=O)n4c(nc3c2)CCCCC4)cc1. The van der Waals surface area contributed by atoms with Gasteiger partial charge in [-0.15, -0.1) is 0 Å². The number of ether oxygens (including phenoxy) is 1. The van der Waals surface area contributed by atoms with Crippen molar-refractivity contribution in [1.29, 1.82) is 0 Å². The van der Waals surface area contributed by atoms with Crippen molar-refractivity contribution in [2.24, 2.45) is 5.73 Å². The molecule has 9 nitrogen and oxygen atoms in total. The zero-order valence-electron chi connectivity index (χ0n) is 17.3. The molecule has 0 saturated carbocycles. The van der Waals surface area contributed by atoms with E-state index in [0.717, 1.165) is 31.5 Å². The van der Waals surface area contributed by atoms with E-state index in [1.165, 1.54) is 36.4 Å². The molecule has 0 aliphatic carbocycles. The number of carbonyl (C=O) groups excluding carboxylic acids is 3. The van der Waals surface area contributed by atoms with Crippen molar-refractivity contribution in [3.8, 4) is 0 Å². The van der Waals surface area contributed by atoms with E-state index < -0.39 is 24.4 Å². The Hall–Kier alpha value is -4.01. The van der Waals surface area contributed by atoms with Gasteiger partial charge in [-0.05, 0) is 55.3 Å². The van der Waals surface area contributed by atoms with Crippen LogP contribution in [-0.4, -0.2) is 33.9 Å². The zero-order chi connectivity index (χ0) is 22.7. The van der Waals surface area contributed by atoms with Crippen LogP contribution in [0, 0.1) is 0 Å². The summed E-state index contributed by atoms with van der Waals surface area (Å²) < 4.78 is 6.82. The minimum atomic E-state index is -0.692. The number of carbonyl (C=O) groups is 3. The molecule has 164 valence electrons. The standard InChI is InChI=1S/C23H22N4O5/c24-21(29)14-5-8-16(9-6-14)25-20(28)13-32-23(31)15-7-10-17-18(12-15)26-19-4-2-1-3-11-27(19)22(17)30/h5-10,12H,1-4,11,13H2,(H2,24,29)(H,25,28). The van der Waals surface area contributed by atoms with E-state index in [4.69, 9.17) is 10.5 Å². The van der Waals surface area contributed by atoms with E-state index in [-0.39, 0.29) is 11.1 Å². The number of nitrogens with one attached hydrogen (secondary N) is 1. The van der Waals surface area contributed by atoms with Crippen molar-refractivity contribution in [2.45, 2.75) is 32.2 Å². The highest BCUT2D eigenvalue weighted by molar-refractivity contribution is 5.98. The van der Waals surface area contributed by atoms with Gasteiger partial charge in [0, 0.05) is 24.2 Å². The normalized spacial score (nSPS) is 13.1. The summed E-state index contributed by atoms with van der Waals surface area (Å²) >= 11 is 0. The lowest BCUT2D eigenvalue weighted by Crippen LogP contribution is -2.25. The van der Waals surface area contributed by atoms with Crippen LogP contribution in [0.25, 0.3) is 10.9 Å². The fourth-order valence-electron chi connectivity index (χ4n) is 3.67. The van der Waals surface area contributed by atoms with Gasteiger partial charge in [0.15, 0.2) is 6.61 Å². The summed E-state index contributed by atoms with van der Waals surface area (Å²) in [6.07, 6.45) is 3.69. The average Bonchev–Trinajstić information content (AvgIpc) is 3.03. The summed E-state index contributed by atoms with van der Waals surface area (Å²) in [6.45, 7) is 0.163. The highest BCUT2D eigenvalue weighted by atomic mass is 16.5. The Kier molecular flexibility index (Phi) is 5.98. The maximum absolute atomic E-state index is 12.8. The second kappa shape index (κ2) is 9.01. The Morgan fingerprint density at radius 2 is 1.78 bits per heavy atom. The molecule has 0 radical (unpaired) electrons. The third-order valence-corrected chi connectivity index (χ3v) is 5.34. The van der Waals surface area contributed by atoms with E-state index in [0.29, 0.717) is 28.7 Å². The molecule has 0 bridgehead atoms. The Labute approximate surface area is 183 Å². The lowest BCUT2D eigenvalue weighted by Gasteiger charge is -2.11. The molecule has 3 aromatic rings. The number of esters is 1. The topological polar surface area (TPSA) is 133 Å². The molecule has 0 unspecified atom stereocenters. The molecule has 2 amide bonds. The van der Waals surface area contributed by atoms with E-state index in [1.54, 1.807) is 10.6 Å². The number of nitrogens with two attached hydrogens (primary N) is 1. The van der Waals surface area contributed by atoms with Gasteiger partial charge in [-0.3, -0.25) is 19.0 Å². The monoisotopic (exact) mass is 434 g/mol. The number of fused-ring (bicyclic) bond motifs is 2. The van der Waals surface area contributed by atoms with Crippen LogP contribution in [0.4, 0.5) is 5.69 Å². The first-order valence-electron chi connectivity index (χ1n) is 10.3. The number of aromatic nitrogens is 2. The number of anilines is 1. The van der Waals surface area contributed by atoms with E-state index in [2.05, 4.69) is 10.3 Å². The summed E-state index contributed by atoms with van der Waals surface area (Å²) in [4.78, 5) is 53.0. The molecule has 1 aromatic heterocycles. The maximum Gasteiger partial charge on any atom is 0.338 e. The summed E-state index contributed by atoms with van der Waals surface area (Å²) in [5, 5.41) is 3.02. The zero-order valence-corrected chi connectivity index (χ0v) is 17.3. The van der Waals surface area contributed by atoms with E-state index >= 15 is 0 Å². The Balaban J connectivity index is 1.43. The highest BCUT2D eigenvalue weighted by Gasteiger charge is 2.16. The van der Waals surface area contributed by atoms with Gasteiger partial charge in [-0.25, -0.2) is 9.78 Å². The van der Waals surface area contributed by atoms with Crippen molar-refractivity contribution in [3.63, 3.8) is 0 Å². The maximum atomic E-state index is 12.8. The molecule has 1 aliphatic heterocycles. The van der Waals surface area contributed by atoms with Crippen LogP contribution in [0.5, 0.6) is 0 Å². The highest BCUT2D eigenvalue weighted by Crippen LogP contribution is 2.17. The molecule has 0 spiro atoms. The predicted octanol–water partition coefficient (Wildman–Crippen LogP) is 2.02. The number of hydrogen-bond acceptors (Lipinski definition) is 6. The van der Waals surface area contributed by atoms with Gasteiger partial charge in [0.2, 0.25) is 5.91 Å². The lowest BCUT2D eigenvalue weighted by atomic mass is 10.1. The molecular weight excluding hydrogens is 412 g/mol. The summed E-state index contributed by atoms with van der Waals surface area (Å²) in [5.74, 6) is -1.07. The van der Waals surface area contributed by atoms with Crippen LogP contribution >= 0.6 is 0 Å². The second-order valence-corrected chi connectivity index (χ2v) is 7.59. The molecule has 4 rings (SSSR count). The molecule has 2 aromatic carbocycles. The van der Waals surface area contributed by atoms with Crippen LogP contribution in [0.2, 0.25) is 0 Å². The van der Waals surface area contributed by atoms with Crippen molar-refractivity contribution < 1.29 is 19.1 Å². The fraction of sp³-hybridized carbons (Fsp3) is 0.261. The van der Waals surface area contributed by atoms with Gasteiger partial charge in [0.25, 0.3) is 11.5 Å². The molecule has 1 aliphatic rings. The van der Waals surface area contributed by atoms with Gasteiger partial charge in [-0.1, -0.05) is 6.42 Å². The van der Waals surface area contributed by atoms with Crippen LogP contribution in [0.15, 0.2) is 47.3 Å². The molecular formula is C23H22N4O5. The van der Waals surface area contributed by atoms with Gasteiger partial charge in [0.05, 0.1) is 16.5 Å². The van der Waals surface area contributed by atoms with Crippen molar-refractivity contribution in [2.75, 3.05) is 11.9 Å². The van der Waals surface area contributed by atoms with E-state index in [9.17, 15) is 19.2 Å². The molecule has 9 heteroatoms. The molecule has 0 fully saturated rings. The van der Waals surface area contributed by atoms with Gasteiger partial charge in [0.1, 0.15) is 5.82 Å². The summed E-state index contributed by atoms with van der Waals surface area (Å²) in [6, 6.07) is 10.6. The predicted molar refractivity (Wildman–Crippen MR) is 117 cm³/mol. The number of rotatable bonds is 5. The number of nitrogens with zero attached hydrogens (tertiary/aromatic N) is 2. The molecule has 0 saturated heterocycles. The smallest absolute Gasteiger partial charge is 0.338 e. The Morgan fingerprint density at radius 1 is 1.03 bits per heavy atom. The van der Waals surface area contributed by atoms with E-state index in [1.807, 2.05) is 0 Å². The quantitative estimate of drug-likeness (QED) is 0.590. The van der Waals surface area contributed by atoms with Crippen LogP contribution in [0.1, 0.15) is 45.8 Å². The van der Waals surface area contributed by atoms with Crippen LogP contribution < -0.4 is 16.6 Å². The summed E-state index contributed by atoms with van der Waals surface area (Å²) in [5.41, 5.74) is 6.48.